The zero-order chi connectivity index (χ0) is 66.1. The molecule has 27 heteroatoms. The molecule has 0 aliphatic rings. The van der Waals surface area contributed by atoms with Gasteiger partial charge in [0.1, 0.15) is 5.58 Å². The number of fused-ring (bicyclic) bond motifs is 1. The van der Waals surface area contributed by atoms with E-state index in [1.165, 1.54) is 55.0 Å². The van der Waals surface area contributed by atoms with Gasteiger partial charge in [0.25, 0.3) is 0 Å². The third-order valence-corrected chi connectivity index (χ3v) is 18.4. The van der Waals surface area contributed by atoms with Gasteiger partial charge in [0.2, 0.25) is 0 Å². The normalized spacial score (nSPS) is 13.7. The van der Waals surface area contributed by atoms with E-state index in [-0.39, 0.29) is 38.3 Å². The first-order valence-electron chi connectivity index (χ1n) is 25.7. The molecule has 0 aliphatic heterocycles. The predicted molar refractivity (Wildman–Crippen MR) is 332 cm³/mol. The van der Waals surface area contributed by atoms with E-state index in [1.54, 1.807) is 17.8 Å². The standard InChI is InChI=1S/C24H19S2.C21H15O2S.C18H15S.3F6P/c1-4-10-20(11-5-1)25-21-16-18-24(19-17-21)26(22-12-6-2-7-13-22)23-14-8-3-9-15-23;22-21-14-12-16-11-13-19(15-20(16)23-21)24(17-7-3-1-4-8-17)18-9-5-2-6-10-18;1-4-10-16(11-5-1)19(17-12-6-2-7-13-17)18-14-8-3-9-15-18;3*1-7(2,3,4,5)6/h1-19H;1-15H;1-15H;;;/q3*+1;3*-1. The van der Waals surface area contributed by atoms with Crippen molar-refractivity contribution in [3.63, 3.8) is 0 Å². The Morgan fingerprint density at radius 1 is 0.244 bits per heavy atom. The van der Waals surface area contributed by atoms with E-state index in [0.717, 1.165) is 10.3 Å². The van der Waals surface area contributed by atoms with Crippen LogP contribution in [-0.4, -0.2) is 0 Å². The molecule has 1 aromatic heterocycles. The number of rotatable bonds is 11. The molecule has 1 heterocycles. The Bertz CT molecular complexity index is 3800. The van der Waals surface area contributed by atoms with Crippen LogP contribution in [-0.2, 0) is 32.7 Å². The van der Waals surface area contributed by atoms with Crippen LogP contribution in [0.3, 0.4) is 0 Å². The topological polar surface area (TPSA) is 30.2 Å². The second kappa shape index (κ2) is 27.3. The molecule has 90 heavy (non-hydrogen) atoms. The predicted octanol–water partition coefficient (Wildman–Crippen LogP) is 26.8. The molecule has 2 nitrogen and oxygen atoms in total. The maximum Gasteiger partial charge on any atom is 0.336 e. The van der Waals surface area contributed by atoms with Gasteiger partial charge in [0.05, 0.1) is 32.7 Å². The van der Waals surface area contributed by atoms with Crippen molar-refractivity contribution in [2.75, 3.05) is 0 Å². The van der Waals surface area contributed by atoms with Crippen molar-refractivity contribution in [3.8, 4) is 0 Å². The van der Waals surface area contributed by atoms with Crippen molar-refractivity contribution >= 4 is 78.8 Å². The fourth-order valence-electron chi connectivity index (χ4n) is 7.56. The first kappa shape index (κ1) is 71.9. The van der Waals surface area contributed by atoms with Gasteiger partial charge in [-0.15, -0.1) is 0 Å². The van der Waals surface area contributed by atoms with Crippen LogP contribution in [0, 0.1) is 0 Å². The summed E-state index contributed by atoms with van der Waals surface area (Å²) < 4.78 is 183. The summed E-state index contributed by atoms with van der Waals surface area (Å²) in [5, 5.41) is 0.933. The Hall–Kier alpha value is -7.16. The summed E-state index contributed by atoms with van der Waals surface area (Å²) in [5.41, 5.74) is 0.309. The van der Waals surface area contributed by atoms with Crippen molar-refractivity contribution in [2.45, 2.75) is 53.9 Å². The Morgan fingerprint density at radius 2 is 0.444 bits per heavy atom. The molecule has 0 fully saturated rings. The van der Waals surface area contributed by atoms with Crippen LogP contribution in [0.4, 0.5) is 75.5 Å². The van der Waals surface area contributed by atoms with E-state index in [9.17, 15) is 80.3 Å². The maximum absolute atomic E-state index is 11.5. The molecule has 11 rings (SSSR count). The summed E-state index contributed by atoms with van der Waals surface area (Å²) in [6.45, 7) is 0. The van der Waals surface area contributed by atoms with Gasteiger partial charge in [0, 0.05) is 27.3 Å². The van der Waals surface area contributed by atoms with E-state index in [4.69, 9.17) is 4.42 Å². The number of hydrogen-bond acceptors (Lipinski definition) is 3. The van der Waals surface area contributed by atoms with Crippen LogP contribution in [0.25, 0.3) is 11.0 Å². The van der Waals surface area contributed by atoms with Crippen molar-refractivity contribution < 1.29 is 80.0 Å². The minimum absolute atomic E-state index is 0.0146. The summed E-state index contributed by atoms with van der Waals surface area (Å²) in [6.07, 6.45) is 0. The molecular formula is C63H49F18O2P3S4. The van der Waals surface area contributed by atoms with E-state index < -0.39 is 23.4 Å². The van der Waals surface area contributed by atoms with Gasteiger partial charge in [-0.3, -0.25) is 0 Å². The van der Waals surface area contributed by atoms with Crippen LogP contribution in [0.2, 0.25) is 0 Å². The molecule has 478 valence electrons. The second-order valence-electron chi connectivity index (χ2n) is 18.3. The third-order valence-electron chi connectivity index (χ3n) is 10.7. The average Bonchev–Trinajstić information content (AvgIpc) is 1.28. The Labute approximate surface area is 517 Å². The van der Waals surface area contributed by atoms with Gasteiger partial charge >= 0.3 is 105 Å². The number of benzene rings is 10. The van der Waals surface area contributed by atoms with Gasteiger partial charge in [-0.1, -0.05) is 157 Å². The molecule has 0 amide bonds. The first-order valence-corrected chi connectivity index (χ1v) is 36.2. The number of hydrogen-bond donors (Lipinski definition) is 0. The van der Waals surface area contributed by atoms with Crippen LogP contribution < -0.4 is 5.63 Å². The van der Waals surface area contributed by atoms with E-state index in [1.807, 2.05) is 24.3 Å². The molecule has 11 aromatic rings. The van der Waals surface area contributed by atoms with Gasteiger partial charge in [-0.25, -0.2) is 4.79 Å². The monoisotopic (exact) mass is 1400 g/mol. The zero-order valence-corrected chi connectivity index (χ0v) is 51.8. The Balaban J connectivity index is 0.000000187. The molecule has 0 spiro atoms. The van der Waals surface area contributed by atoms with Crippen LogP contribution in [0.15, 0.2) is 360 Å². The van der Waals surface area contributed by atoms with Crippen molar-refractivity contribution in [2.24, 2.45) is 0 Å². The molecule has 0 atom stereocenters. The molecule has 10 aromatic carbocycles. The molecule has 0 saturated carbocycles. The largest absolute Gasteiger partial charge is 0.423 e. The Kier molecular flexibility index (Phi) is 21.9. The first-order chi connectivity index (χ1) is 41.5. The quantitative estimate of drug-likeness (QED) is 0.0560. The molecule has 0 N–H and O–H groups in total. The fourth-order valence-corrected chi connectivity index (χ4v) is 14.7. The maximum atomic E-state index is 11.5. The summed E-state index contributed by atoms with van der Waals surface area (Å²) in [7, 11) is -32.3. The average molecular weight is 1400 g/mol. The minimum atomic E-state index is -10.7. The third kappa shape index (κ3) is 31.0. The van der Waals surface area contributed by atoms with Crippen molar-refractivity contribution in [1.29, 1.82) is 0 Å². The van der Waals surface area contributed by atoms with Crippen LogP contribution in [0.1, 0.15) is 0 Å². The summed E-state index contributed by atoms with van der Waals surface area (Å²) in [6, 6.07) is 103. The molecule has 0 saturated heterocycles. The summed E-state index contributed by atoms with van der Waals surface area (Å²) >= 11 is 1.80. The smallest absolute Gasteiger partial charge is 0.336 e. The van der Waals surface area contributed by atoms with Gasteiger partial charge < -0.3 is 4.42 Å². The van der Waals surface area contributed by atoms with Crippen LogP contribution >= 0.6 is 35.2 Å². The fraction of sp³-hybridized carbons (Fsp3) is 0. The molecule has 0 radical (unpaired) electrons. The van der Waals surface area contributed by atoms with E-state index >= 15 is 0 Å². The second-order valence-corrected chi connectivity index (χ2v) is 31.3. The van der Waals surface area contributed by atoms with Gasteiger partial charge in [-0.05, 0) is 140 Å². The van der Waals surface area contributed by atoms with E-state index in [0.29, 0.717) is 5.58 Å². The zero-order valence-electron chi connectivity index (χ0n) is 45.9. The Morgan fingerprint density at radius 3 is 0.711 bits per heavy atom. The van der Waals surface area contributed by atoms with Crippen LogP contribution in [0.5, 0.6) is 0 Å². The van der Waals surface area contributed by atoms with Gasteiger partial charge in [0.15, 0.2) is 44.1 Å². The molecule has 0 aliphatic carbocycles. The molecule has 0 unspecified atom stereocenters. The minimum Gasteiger partial charge on any atom is -0.423 e. The summed E-state index contributed by atoms with van der Waals surface area (Å²) in [4.78, 5) is 25.8. The number of halogens is 18. The molecular weight excluding hydrogens is 1350 g/mol. The molecule has 0 bridgehead atoms. The van der Waals surface area contributed by atoms with E-state index in [2.05, 4.69) is 261 Å². The summed E-state index contributed by atoms with van der Waals surface area (Å²) in [5.74, 6) is 0. The van der Waals surface area contributed by atoms with Gasteiger partial charge in [-0.2, -0.15) is 0 Å². The van der Waals surface area contributed by atoms with Crippen molar-refractivity contribution in [1.82, 2.24) is 0 Å². The van der Waals surface area contributed by atoms with Crippen molar-refractivity contribution in [3.05, 3.63) is 308 Å². The SMILES string of the molecule is F[P-](F)(F)(F)(F)F.F[P-](F)(F)(F)(F)F.F[P-](F)(F)(F)(F)F.O=c1ccc2ccc([S+](c3ccccc3)c3ccccc3)cc2o1.c1ccc(Sc2ccc([S+](c3ccccc3)c3ccccc3)cc2)cc1.c1ccc([S+](c2ccccc2)c2ccccc2)cc1.